The fraction of sp³-hybridized carbons (Fsp3) is 0.360. The molecule has 2 amide bonds. The fourth-order valence-corrected chi connectivity index (χ4v) is 4.91. The molecule has 10 heteroatoms. The fourth-order valence-electron chi connectivity index (χ4n) is 4.66. The summed E-state index contributed by atoms with van der Waals surface area (Å²) in [5.74, 6) is 1.07. The zero-order chi connectivity index (χ0) is 24.4. The molecule has 0 spiro atoms. The lowest BCUT2D eigenvalue weighted by molar-refractivity contribution is -0.136. The summed E-state index contributed by atoms with van der Waals surface area (Å²) in [7, 11) is 1.34. The number of esters is 1. The number of carbonyl (C=O) groups excluding carboxylic acids is 2. The Morgan fingerprint density at radius 3 is 2.51 bits per heavy atom. The topological polar surface area (TPSA) is 92.4 Å². The number of benzene rings is 2. The van der Waals surface area contributed by atoms with E-state index in [1.165, 1.54) is 12.7 Å². The molecule has 0 aromatic heterocycles. The van der Waals surface area contributed by atoms with E-state index in [0.717, 1.165) is 44.2 Å². The molecule has 2 aromatic rings. The van der Waals surface area contributed by atoms with Crippen molar-refractivity contribution in [1.82, 2.24) is 20.4 Å². The van der Waals surface area contributed by atoms with Crippen molar-refractivity contribution in [2.24, 2.45) is 0 Å². The number of hydrogen-bond acceptors (Lipinski definition) is 7. The highest BCUT2D eigenvalue weighted by Crippen LogP contribution is 2.34. The highest BCUT2D eigenvalue weighted by Gasteiger charge is 2.35. The third kappa shape index (κ3) is 5.07. The second kappa shape index (κ2) is 10.2. The molecule has 3 aliphatic heterocycles. The van der Waals surface area contributed by atoms with Crippen LogP contribution in [0, 0.1) is 0 Å². The minimum atomic E-state index is -0.688. The van der Waals surface area contributed by atoms with Crippen LogP contribution in [0.5, 0.6) is 11.5 Å². The molecule has 35 heavy (non-hydrogen) atoms. The highest BCUT2D eigenvalue weighted by atomic mass is 35.5. The van der Waals surface area contributed by atoms with Crippen LogP contribution >= 0.6 is 11.6 Å². The first-order chi connectivity index (χ1) is 17.0. The van der Waals surface area contributed by atoms with Gasteiger partial charge in [0.15, 0.2) is 11.5 Å². The molecule has 2 aromatic carbocycles. The molecule has 1 atom stereocenters. The van der Waals surface area contributed by atoms with Crippen molar-refractivity contribution in [3.8, 4) is 11.5 Å². The van der Waals surface area contributed by atoms with Crippen molar-refractivity contribution >= 4 is 23.6 Å². The average molecular weight is 499 g/mol. The molecule has 0 saturated carbocycles. The molecule has 9 nitrogen and oxygen atoms in total. The van der Waals surface area contributed by atoms with Crippen LogP contribution in [-0.2, 0) is 16.1 Å². The third-order valence-corrected chi connectivity index (χ3v) is 6.81. The molecular formula is C25H27ClN4O5. The lowest BCUT2D eigenvalue weighted by atomic mass is 9.95. The predicted molar refractivity (Wildman–Crippen MR) is 129 cm³/mol. The first-order valence-corrected chi connectivity index (χ1v) is 11.9. The normalized spacial score (nSPS) is 20.4. The molecule has 0 aliphatic carbocycles. The van der Waals surface area contributed by atoms with Crippen LogP contribution in [-0.4, -0.2) is 68.4 Å². The van der Waals surface area contributed by atoms with Crippen LogP contribution in [0.4, 0.5) is 4.79 Å². The van der Waals surface area contributed by atoms with Crippen molar-refractivity contribution < 1.29 is 23.8 Å². The van der Waals surface area contributed by atoms with E-state index in [-0.39, 0.29) is 12.8 Å². The number of halogens is 1. The number of carbonyl (C=O) groups is 2. The Bertz CT molecular complexity index is 1160. The summed E-state index contributed by atoms with van der Waals surface area (Å²) in [5, 5.41) is 6.12. The number of rotatable bonds is 6. The minimum absolute atomic E-state index is 0.268. The van der Waals surface area contributed by atoms with Gasteiger partial charge in [0.1, 0.15) is 0 Å². The van der Waals surface area contributed by atoms with Crippen molar-refractivity contribution in [2.75, 3.05) is 46.6 Å². The number of nitrogens with zero attached hydrogens (tertiary/aromatic N) is 2. The van der Waals surface area contributed by atoms with Crippen LogP contribution in [0.3, 0.4) is 0 Å². The van der Waals surface area contributed by atoms with Gasteiger partial charge < -0.3 is 24.8 Å². The molecule has 0 radical (unpaired) electrons. The van der Waals surface area contributed by atoms with Crippen molar-refractivity contribution in [3.63, 3.8) is 0 Å². The molecule has 5 rings (SSSR count). The van der Waals surface area contributed by atoms with Crippen LogP contribution in [0.1, 0.15) is 17.2 Å². The maximum Gasteiger partial charge on any atom is 0.338 e. The standard InChI is InChI=1S/C25H27ClN4O5/c1-33-24(31)22-19(27-25(32)28-23(22)17-4-2-3-5-18(17)26)14-30-10-8-29(9-11-30)13-16-6-7-20-21(12-16)35-15-34-20/h2-7,12,23H,8-11,13-15H2,1H3,(H2,27,28,32)/t23-/m1/s1. The number of methoxy groups -OCH3 is 1. The lowest BCUT2D eigenvalue weighted by Crippen LogP contribution is -2.51. The van der Waals surface area contributed by atoms with Crippen molar-refractivity contribution in [1.29, 1.82) is 0 Å². The van der Waals surface area contributed by atoms with Crippen LogP contribution in [0.15, 0.2) is 53.7 Å². The van der Waals surface area contributed by atoms with Gasteiger partial charge in [-0.15, -0.1) is 0 Å². The van der Waals surface area contributed by atoms with Crippen LogP contribution in [0.25, 0.3) is 0 Å². The second-order valence-electron chi connectivity index (χ2n) is 8.68. The quantitative estimate of drug-likeness (QED) is 0.591. The Morgan fingerprint density at radius 2 is 1.77 bits per heavy atom. The minimum Gasteiger partial charge on any atom is -0.466 e. The first-order valence-electron chi connectivity index (χ1n) is 11.5. The van der Waals surface area contributed by atoms with E-state index in [4.69, 9.17) is 25.8 Å². The van der Waals surface area contributed by atoms with Gasteiger partial charge in [-0.1, -0.05) is 35.9 Å². The maximum absolute atomic E-state index is 12.8. The van der Waals surface area contributed by atoms with Gasteiger partial charge >= 0.3 is 12.0 Å². The van der Waals surface area contributed by atoms with Gasteiger partial charge in [0, 0.05) is 50.0 Å². The van der Waals surface area contributed by atoms with Crippen molar-refractivity contribution in [3.05, 3.63) is 69.9 Å². The smallest absolute Gasteiger partial charge is 0.338 e. The Morgan fingerprint density at radius 1 is 1.06 bits per heavy atom. The van der Waals surface area contributed by atoms with Crippen LogP contribution < -0.4 is 20.1 Å². The number of piperazine rings is 1. The Kier molecular flexibility index (Phi) is 6.81. The number of hydrogen-bond donors (Lipinski definition) is 2. The molecule has 1 saturated heterocycles. The summed E-state index contributed by atoms with van der Waals surface area (Å²) >= 11 is 6.39. The van der Waals surface area contributed by atoms with E-state index in [9.17, 15) is 9.59 Å². The highest BCUT2D eigenvalue weighted by molar-refractivity contribution is 6.31. The van der Waals surface area contributed by atoms with Gasteiger partial charge in [0.25, 0.3) is 0 Å². The molecule has 184 valence electrons. The van der Waals surface area contributed by atoms with Crippen LogP contribution in [0.2, 0.25) is 5.02 Å². The third-order valence-electron chi connectivity index (χ3n) is 6.46. The van der Waals surface area contributed by atoms with Gasteiger partial charge in [-0.05, 0) is 29.3 Å². The number of ether oxygens (including phenoxy) is 3. The molecule has 3 aliphatic rings. The molecule has 3 heterocycles. The SMILES string of the molecule is COC(=O)C1=C(CN2CCN(Cc3ccc4c(c3)OCO4)CC2)NC(=O)N[C@@H]1c1ccccc1Cl. The molecular weight excluding hydrogens is 472 g/mol. The van der Waals surface area contributed by atoms with E-state index in [1.807, 2.05) is 18.2 Å². The summed E-state index contributed by atoms with van der Waals surface area (Å²) in [6.45, 7) is 4.81. The van der Waals surface area contributed by atoms with E-state index in [1.54, 1.807) is 18.2 Å². The molecule has 0 bridgehead atoms. The summed E-state index contributed by atoms with van der Waals surface area (Å²) in [4.78, 5) is 29.9. The number of nitrogens with one attached hydrogen (secondary N) is 2. The molecule has 2 N–H and O–H groups in total. The summed E-state index contributed by atoms with van der Waals surface area (Å²) < 4.78 is 16.0. The van der Waals surface area contributed by atoms with Gasteiger partial charge in [0.05, 0.1) is 18.7 Å². The van der Waals surface area contributed by atoms with E-state index >= 15 is 0 Å². The lowest BCUT2D eigenvalue weighted by Gasteiger charge is -2.37. The number of urea groups is 1. The maximum atomic E-state index is 12.8. The van der Waals surface area contributed by atoms with Gasteiger partial charge in [-0.3, -0.25) is 9.80 Å². The Hall–Kier alpha value is -3.27. The number of amides is 2. The molecule has 1 fully saturated rings. The van der Waals surface area contributed by atoms with E-state index < -0.39 is 12.0 Å². The van der Waals surface area contributed by atoms with E-state index in [0.29, 0.717) is 28.4 Å². The zero-order valence-electron chi connectivity index (χ0n) is 19.4. The largest absolute Gasteiger partial charge is 0.466 e. The van der Waals surface area contributed by atoms with Gasteiger partial charge in [-0.2, -0.15) is 0 Å². The summed E-state index contributed by atoms with van der Waals surface area (Å²) in [5.41, 5.74) is 2.72. The Balaban J connectivity index is 1.28. The Labute approximate surface area is 208 Å². The van der Waals surface area contributed by atoms with Gasteiger partial charge in [0.2, 0.25) is 6.79 Å². The molecule has 0 unspecified atom stereocenters. The van der Waals surface area contributed by atoms with E-state index in [2.05, 4.69) is 26.5 Å². The van der Waals surface area contributed by atoms with Crippen molar-refractivity contribution in [2.45, 2.75) is 12.6 Å². The first kappa shape index (κ1) is 23.5. The average Bonchev–Trinajstić information content (AvgIpc) is 3.33. The zero-order valence-corrected chi connectivity index (χ0v) is 20.1. The second-order valence-corrected chi connectivity index (χ2v) is 9.08. The monoisotopic (exact) mass is 498 g/mol. The summed E-state index contributed by atoms with van der Waals surface area (Å²) in [6.07, 6.45) is 0. The predicted octanol–water partition coefficient (Wildman–Crippen LogP) is 2.67. The number of fused-ring (bicyclic) bond motifs is 1. The van der Waals surface area contributed by atoms with Gasteiger partial charge in [-0.25, -0.2) is 9.59 Å². The summed E-state index contributed by atoms with van der Waals surface area (Å²) in [6, 6.07) is 12.1.